The van der Waals surface area contributed by atoms with Gasteiger partial charge in [0.2, 0.25) is 29.5 Å². The van der Waals surface area contributed by atoms with Crippen molar-refractivity contribution in [1.82, 2.24) is 26.6 Å². The number of aliphatic hydroxyl groups is 1. The molecule has 1 aromatic carbocycles. The number of hydrogen-bond acceptors (Lipinski definition) is 12. The fourth-order valence-electron chi connectivity index (χ4n) is 5.01. The number of carboxylic acid groups (broad SMARTS) is 1. The summed E-state index contributed by atoms with van der Waals surface area (Å²) in [5.74, 6) is -6.99. The lowest BCUT2D eigenvalue weighted by atomic mass is 10.0. The van der Waals surface area contributed by atoms with Gasteiger partial charge in [0.05, 0.1) is 24.7 Å². The van der Waals surface area contributed by atoms with E-state index < -0.39 is 95.4 Å². The number of benzene rings is 1. The second-order valence-corrected chi connectivity index (χ2v) is 14.1. The Balaban J connectivity index is 0.00000422. The van der Waals surface area contributed by atoms with Crippen molar-refractivity contribution >= 4 is 47.2 Å². The number of nitrogens with zero attached hydrogens (tertiary/aromatic N) is 1. The number of aliphatic hydroxyl groups excluding tert-OH is 1. The molecule has 0 spiro atoms. The zero-order valence-electron chi connectivity index (χ0n) is 33.5. The first kappa shape index (κ1) is 52.6. The molecule has 9 N–H and O–H groups in total. The number of nitro groups is 1. The van der Waals surface area contributed by atoms with E-state index >= 15 is 0 Å². The summed E-state index contributed by atoms with van der Waals surface area (Å²) in [6.07, 6.45) is -3.30. The summed E-state index contributed by atoms with van der Waals surface area (Å²) >= 11 is 0. The SMILES string of the molecule is CCCC[C@H](NC(=O)[C@H](Cc1ccc([N+](=O)[O-])cc1)NC(=O)[C@H](CO)NC(=O)[C@@H](N)CC(C)C)C(=O)N[C@@H](C)C(=O)N[C@@H](CC(C)C)C(=O)OC.O=C(O)C(F)(F)F. The minimum absolute atomic E-state index is 0.0544. The molecule has 19 nitrogen and oxygen atoms in total. The van der Waals surface area contributed by atoms with Gasteiger partial charge in [0.15, 0.2) is 0 Å². The number of ether oxygens (including phenoxy) is 1. The molecule has 6 atom stereocenters. The number of amides is 5. The molecule has 22 heteroatoms. The van der Waals surface area contributed by atoms with Crippen LogP contribution in [0, 0.1) is 22.0 Å². The van der Waals surface area contributed by atoms with Crippen LogP contribution in [0.5, 0.6) is 0 Å². The van der Waals surface area contributed by atoms with E-state index in [-0.39, 0.29) is 30.4 Å². The van der Waals surface area contributed by atoms with Gasteiger partial charge in [-0.05, 0) is 43.6 Å². The van der Waals surface area contributed by atoms with Crippen LogP contribution in [0.2, 0.25) is 0 Å². The first-order chi connectivity index (χ1) is 26.9. The maximum Gasteiger partial charge on any atom is 0.490 e. The van der Waals surface area contributed by atoms with E-state index in [1.807, 2.05) is 34.6 Å². The molecule has 0 saturated carbocycles. The number of nitrogens with two attached hydrogens (primary N) is 1. The van der Waals surface area contributed by atoms with Crippen molar-refractivity contribution in [2.75, 3.05) is 13.7 Å². The number of rotatable bonds is 22. The van der Waals surface area contributed by atoms with E-state index in [0.717, 1.165) is 0 Å². The fraction of sp³-hybridized carbons (Fsp3) is 0.639. The van der Waals surface area contributed by atoms with Gasteiger partial charge in [-0.2, -0.15) is 13.2 Å². The van der Waals surface area contributed by atoms with Gasteiger partial charge in [-0.1, -0.05) is 59.6 Å². The highest BCUT2D eigenvalue weighted by molar-refractivity contribution is 5.96. The van der Waals surface area contributed by atoms with Gasteiger partial charge in [-0.25, -0.2) is 9.59 Å². The van der Waals surface area contributed by atoms with Crippen molar-refractivity contribution in [2.24, 2.45) is 17.6 Å². The molecule has 0 aliphatic carbocycles. The lowest BCUT2D eigenvalue weighted by Crippen LogP contribution is -2.60. The molecule has 0 unspecified atom stereocenters. The molecule has 1 rings (SSSR count). The Kier molecular flexibility index (Phi) is 23.4. The van der Waals surface area contributed by atoms with Gasteiger partial charge in [0.25, 0.3) is 5.69 Å². The number of nitrogens with one attached hydrogen (secondary N) is 5. The molecule has 0 aliphatic rings. The number of halogens is 3. The Morgan fingerprint density at radius 2 is 1.24 bits per heavy atom. The van der Waals surface area contributed by atoms with Gasteiger partial charge in [0.1, 0.15) is 30.2 Å². The average molecular weight is 836 g/mol. The second kappa shape index (κ2) is 25.8. The molecule has 0 aliphatic heterocycles. The number of unbranched alkanes of at least 4 members (excludes halogenated alkanes) is 1. The predicted octanol–water partition coefficient (Wildman–Crippen LogP) is 0.990. The molecule has 0 fully saturated rings. The van der Waals surface area contributed by atoms with E-state index in [0.29, 0.717) is 31.2 Å². The summed E-state index contributed by atoms with van der Waals surface area (Å²) in [5.41, 5.74) is 6.15. The number of carboxylic acids is 1. The minimum atomic E-state index is -5.08. The quantitative estimate of drug-likeness (QED) is 0.0460. The number of alkyl halides is 3. The molecule has 0 saturated heterocycles. The summed E-state index contributed by atoms with van der Waals surface area (Å²) < 4.78 is 36.5. The molecule has 0 aromatic heterocycles. The summed E-state index contributed by atoms with van der Waals surface area (Å²) in [6.45, 7) is 9.95. The first-order valence-electron chi connectivity index (χ1n) is 18.4. The highest BCUT2D eigenvalue weighted by Crippen LogP contribution is 2.15. The van der Waals surface area contributed by atoms with Gasteiger partial charge in [0, 0.05) is 18.6 Å². The Morgan fingerprint density at radius 3 is 1.69 bits per heavy atom. The molecule has 0 radical (unpaired) electrons. The van der Waals surface area contributed by atoms with E-state index in [2.05, 4.69) is 26.6 Å². The highest BCUT2D eigenvalue weighted by Gasteiger charge is 2.38. The molecule has 0 heterocycles. The van der Waals surface area contributed by atoms with Crippen LogP contribution in [0.4, 0.5) is 18.9 Å². The maximum absolute atomic E-state index is 13.8. The summed E-state index contributed by atoms with van der Waals surface area (Å²) in [6, 6.07) is -1.71. The molecule has 1 aromatic rings. The largest absolute Gasteiger partial charge is 0.490 e. The number of esters is 1. The smallest absolute Gasteiger partial charge is 0.475 e. The molecular weight excluding hydrogens is 779 g/mol. The minimum Gasteiger partial charge on any atom is -0.475 e. The van der Waals surface area contributed by atoms with Crippen molar-refractivity contribution in [3.05, 3.63) is 39.9 Å². The van der Waals surface area contributed by atoms with Gasteiger partial charge < -0.3 is 47.3 Å². The van der Waals surface area contributed by atoms with Crippen molar-refractivity contribution in [1.29, 1.82) is 0 Å². The molecule has 0 bridgehead atoms. The number of carbonyl (C=O) groups excluding carboxylic acids is 6. The number of methoxy groups -OCH3 is 1. The Bertz CT molecular complexity index is 1540. The van der Waals surface area contributed by atoms with Crippen molar-refractivity contribution in [2.45, 2.75) is 122 Å². The average Bonchev–Trinajstić information content (AvgIpc) is 3.13. The fourth-order valence-corrected chi connectivity index (χ4v) is 5.01. The third kappa shape index (κ3) is 20.2. The number of aliphatic carboxylic acids is 1. The first-order valence-corrected chi connectivity index (χ1v) is 18.4. The summed E-state index contributed by atoms with van der Waals surface area (Å²) in [5, 5.41) is 40.9. The third-order valence-electron chi connectivity index (χ3n) is 8.08. The van der Waals surface area contributed by atoms with Crippen LogP contribution in [-0.2, 0) is 44.7 Å². The van der Waals surface area contributed by atoms with Gasteiger partial charge in [-0.3, -0.25) is 34.1 Å². The maximum atomic E-state index is 13.8. The zero-order chi connectivity index (χ0) is 44.9. The standard InChI is InChI=1S/C34H55N7O10.C2HF3O2/c1-8-9-10-25(31(45)36-21(6)29(43)39-27(16-20(4)5)34(48)51-7)37-32(46)26(17-22-11-13-23(14-12-22)41(49)50)38-33(47)28(18-42)40-30(44)24(35)15-19(2)3;3-2(4,5)1(6)7/h11-14,19-21,24-28,42H,8-10,15-18,35H2,1-7H3,(H,36,45)(H,37,46)(H,38,47)(H,39,43)(H,40,44);(H,6,7)/t21-,24-,25-,26-,27-,28-;/m0./s1. The Morgan fingerprint density at radius 1 is 0.776 bits per heavy atom. The van der Waals surface area contributed by atoms with Crippen LogP contribution >= 0.6 is 0 Å². The molecule has 328 valence electrons. The van der Waals surface area contributed by atoms with Crippen molar-refractivity contribution < 1.29 is 66.6 Å². The van der Waals surface area contributed by atoms with Crippen molar-refractivity contribution in [3.63, 3.8) is 0 Å². The normalized spacial score (nSPS) is 14.2. The Labute approximate surface area is 333 Å². The van der Waals surface area contributed by atoms with E-state index in [1.165, 1.54) is 38.3 Å². The lowest BCUT2D eigenvalue weighted by Gasteiger charge is -2.26. The third-order valence-corrected chi connectivity index (χ3v) is 8.08. The summed E-state index contributed by atoms with van der Waals surface area (Å²) in [7, 11) is 1.20. The van der Waals surface area contributed by atoms with Crippen LogP contribution in [0.1, 0.15) is 79.2 Å². The van der Waals surface area contributed by atoms with Gasteiger partial charge in [-0.15, -0.1) is 0 Å². The number of nitro benzene ring substituents is 1. The van der Waals surface area contributed by atoms with Crippen LogP contribution in [0.25, 0.3) is 0 Å². The number of carbonyl (C=O) groups is 7. The predicted molar refractivity (Wildman–Crippen MR) is 201 cm³/mol. The topological polar surface area (TPSA) is 298 Å². The summed E-state index contributed by atoms with van der Waals surface area (Å²) in [4.78, 5) is 97.7. The molecule has 5 amide bonds. The van der Waals surface area contributed by atoms with E-state index in [9.17, 15) is 57.2 Å². The van der Waals surface area contributed by atoms with E-state index in [4.69, 9.17) is 20.4 Å². The zero-order valence-corrected chi connectivity index (χ0v) is 33.5. The number of non-ortho nitro benzene ring substituents is 1. The molecule has 58 heavy (non-hydrogen) atoms. The van der Waals surface area contributed by atoms with Crippen LogP contribution < -0.4 is 32.3 Å². The molecular formula is C36H56F3N7O12. The monoisotopic (exact) mass is 835 g/mol. The highest BCUT2D eigenvalue weighted by atomic mass is 19.4. The lowest BCUT2D eigenvalue weighted by molar-refractivity contribution is -0.384. The van der Waals surface area contributed by atoms with Crippen LogP contribution in [0.15, 0.2) is 24.3 Å². The van der Waals surface area contributed by atoms with Gasteiger partial charge >= 0.3 is 18.1 Å². The Hall–Kier alpha value is -5.38. The van der Waals surface area contributed by atoms with E-state index in [1.54, 1.807) is 0 Å². The van der Waals surface area contributed by atoms with Crippen LogP contribution in [0.3, 0.4) is 0 Å². The van der Waals surface area contributed by atoms with Crippen molar-refractivity contribution in [3.8, 4) is 0 Å². The second-order valence-electron chi connectivity index (χ2n) is 14.1. The number of hydrogen-bond donors (Lipinski definition) is 8. The van der Waals surface area contributed by atoms with Crippen LogP contribution in [-0.4, -0.2) is 113 Å².